The zero-order chi connectivity index (χ0) is 9.68. The van der Waals surface area contributed by atoms with Crippen LogP contribution in [0.2, 0.25) is 0 Å². The first-order valence-electron chi connectivity index (χ1n) is 3.95. The minimum Gasteiger partial charge on any atom is -0.0987 e. The topological polar surface area (TPSA) is 0 Å². The molecule has 0 radical (unpaired) electrons. The Morgan fingerprint density at radius 3 is 2.54 bits per heavy atom. The Morgan fingerprint density at radius 2 is 2.00 bits per heavy atom. The van der Waals surface area contributed by atoms with Gasteiger partial charge in [-0.1, -0.05) is 54.2 Å². The van der Waals surface area contributed by atoms with Crippen LogP contribution in [0.4, 0.5) is 0 Å². The van der Waals surface area contributed by atoms with Crippen LogP contribution in [0.25, 0.3) is 0 Å². The highest BCUT2D eigenvalue weighted by atomic mass is 35.5. The van der Waals surface area contributed by atoms with Crippen molar-refractivity contribution < 1.29 is 0 Å². The highest BCUT2D eigenvalue weighted by molar-refractivity contribution is 8.04. The first-order valence-corrected chi connectivity index (χ1v) is 5.15. The molecule has 0 aromatic heterocycles. The van der Waals surface area contributed by atoms with Gasteiger partial charge in [-0.05, 0) is 24.6 Å². The van der Waals surface area contributed by atoms with Crippen LogP contribution >= 0.6 is 23.4 Å². The second kappa shape index (κ2) is 5.15. The van der Waals surface area contributed by atoms with E-state index in [0.717, 1.165) is 14.8 Å². The van der Waals surface area contributed by atoms with Gasteiger partial charge in [-0.2, -0.15) is 0 Å². The molecule has 0 aliphatic rings. The van der Waals surface area contributed by atoms with Crippen LogP contribution in [0.15, 0.2) is 57.8 Å². The van der Waals surface area contributed by atoms with E-state index in [4.69, 9.17) is 11.6 Å². The molecule has 0 spiro atoms. The van der Waals surface area contributed by atoms with E-state index in [1.54, 1.807) is 17.8 Å². The third-order valence-corrected chi connectivity index (χ3v) is 3.11. The molecule has 1 rings (SSSR count). The molecule has 0 unspecified atom stereocenters. The molecule has 1 aromatic carbocycles. The Labute approximate surface area is 88.3 Å². The summed E-state index contributed by atoms with van der Waals surface area (Å²) in [4.78, 5) is 1.15. The molecule has 0 amide bonds. The molecular weight excluding hydrogens is 200 g/mol. The van der Waals surface area contributed by atoms with Gasteiger partial charge < -0.3 is 0 Å². The van der Waals surface area contributed by atoms with Crippen LogP contribution in [0.3, 0.4) is 0 Å². The highest BCUT2D eigenvalue weighted by Gasteiger charge is 1.98. The highest BCUT2D eigenvalue weighted by Crippen LogP contribution is 2.31. The third-order valence-electron chi connectivity index (χ3n) is 1.57. The molecule has 0 nitrogen and oxygen atoms in total. The molecule has 2 heteroatoms. The van der Waals surface area contributed by atoms with E-state index >= 15 is 0 Å². The molecule has 0 N–H and O–H groups in total. The smallest absolute Gasteiger partial charge is 0.0811 e. The molecule has 0 atom stereocenters. The largest absolute Gasteiger partial charge is 0.0987 e. The number of halogens is 1. The molecule has 68 valence electrons. The van der Waals surface area contributed by atoms with Crippen LogP contribution in [0, 0.1) is 0 Å². The SMILES string of the molecule is C=C/C(C)=C(/Cl)Sc1ccccc1. The first-order chi connectivity index (χ1) is 6.24. The van der Waals surface area contributed by atoms with Crippen LogP contribution in [0.5, 0.6) is 0 Å². The fourth-order valence-corrected chi connectivity index (χ4v) is 1.84. The van der Waals surface area contributed by atoms with Crippen LogP contribution < -0.4 is 0 Å². The second-order valence-corrected chi connectivity index (χ2v) is 4.26. The lowest BCUT2D eigenvalue weighted by atomic mass is 10.4. The van der Waals surface area contributed by atoms with Crippen molar-refractivity contribution in [1.82, 2.24) is 0 Å². The van der Waals surface area contributed by atoms with Gasteiger partial charge in [0.15, 0.2) is 0 Å². The average molecular weight is 211 g/mol. The summed E-state index contributed by atoms with van der Waals surface area (Å²) in [6.45, 7) is 5.62. The predicted octanol–water partition coefficient (Wildman–Crippen LogP) is 4.44. The van der Waals surface area contributed by atoms with Gasteiger partial charge in [0.2, 0.25) is 0 Å². The van der Waals surface area contributed by atoms with E-state index in [-0.39, 0.29) is 0 Å². The molecule has 0 bridgehead atoms. The lowest BCUT2D eigenvalue weighted by molar-refractivity contribution is 1.46. The van der Waals surface area contributed by atoms with Gasteiger partial charge in [0.05, 0.1) is 4.36 Å². The van der Waals surface area contributed by atoms with E-state index in [1.807, 2.05) is 37.3 Å². The summed E-state index contributed by atoms with van der Waals surface area (Å²) in [5, 5.41) is 0. The summed E-state index contributed by atoms with van der Waals surface area (Å²) >= 11 is 7.59. The molecule has 0 aliphatic carbocycles. The van der Waals surface area contributed by atoms with Crippen molar-refractivity contribution in [3.05, 3.63) is 52.9 Å². The van der Waals surface area contributed by atoms with Crippen LogP contribution in [-0.4, -0.2) is 0 Å². The van der Waals surface area contributed by atoms with Gasteiger partial charge in [0.25, 0.3) is 0 Å². The van der Waals surface area contributed by atoms with Crippen molar-refractivity contribution in [3.8, 4) is 0 Å². The molecule has 0 saturated carbocycles. The maximum atomic E-state index is 6.04. The van der Waals surface area contributed by atoms with Gasteiger partial charge >= 0.3 is 0 Å². The Kier molecular flexibility index (Phi) is 4.13. The monoisotopic (exact) mass is 210 g/mol. The van der Waals surface area contributed by atoms with Gasteiger partial charge in [-0.15, -0.1) is 0 Å². The van der Waals surface area contributed by atoms with Gasteiger partial charge in [0, 0.05) is 4.90 Å². The molecule has 0 fully saturated rings. The quantitative estimate of drug-likeness (QED) is 0.525. The lowest BCUT2D eigenvalue weighted by Gasteiger charge is -2.00. The second-order valence-electron chi connectivity index (χ2n) is 2.58. The fraction of sp³-hybridized carbons (Fsp3) is 0.0909. The van der Waals surface area contributed by atoms with Crippen molar-refractivity contribution in [2.24, 2.45) is 0 Å². The summed E-state index contributed by atoms with van der Waals surface area (Å²) in [7, 11) is 0. The van der Waals surface area contributed by atoms with Crippen molar-refractivity contribution in [2.45, 2.75) is 11.8 Å². The maximum absolute atomic E-state index is 6.04. The summed E-state index contributed by atoms with van der Waals surface area (Å²) in [5.74, 6) is 0. The lowest BCUT2D eigenvalue weighted by Crippen LogP contribution is -1.73. The van der Waals surface area contributed by atoms with Gasteiger partial charge in [-0.25, -0.2) is 0 Å². The molecule has 13 heavy (non-hydrogen) atoms. The predicted molar refractivity (Wildman–Crippen MR) is 61.0 cm³/mol. The van der Waals surface area contributed by atoms with Gasteiger partial charge in [-0.3, -0.25) is 0 Å². The third kappa shape index (κ3) is 3.29. The van der Waals surface area contributed by atoms with Crippen molar-refractivity contribution >= 4 is 23.4 Å². The normalized spacial score (nSPS) is 12.2. The maximum Gasteiger partial charge on any atom is 0.0811 e. The zero-order valence-corrected chi connectivity index (χ0v) is 9.03. The average Bonchev–Trinajstić information content (AvgIpc) is 2.18. The number of benzene rings is 1. The number of allylic oxidation sites excluding steroid dienone is 2. The molecule has 0 saturated heterocycles. The summed E-state index contributed by atoms with van der Waals surface area (Å²) in [6, 6.07) is 10.0. The van der Waals surface area contributed by atoms with E-state index in [1.165, 1.54) is 0 Å². The molecule has 1 aromatic rings. The number of hydrogen-bond acceptors (Lipinski definition) is 1. The number of hydrogen-bond donors (Lipinski definition) is 0. The molecule has 0 aliphatic heterocycles. The minimum absolute atomic E-state index is 0.779. The van der Waals surface area contributed by atoms with Crippen LogP contribution in [-0.2, 0) is 0 Å². The summed E-state index contributed by atoms with van der Waals surface area (Å²) in [6.07, 6.45) is 1.76. The summed E-state index contributed by atoms with van der Waals surface area (Å²) < 4.78 is 0.779. The Balaban J connectivity index is 2.76. The van der Waals surface area contributed by atoms with Crippen molar-refractivity contribution in [3.63, 3.8) is 0 Å². The molecule has 0 heterocycles. The van der Waals surface area contributed by atoms with E-state index in [9.17, 15) is 0 Å². The Morgan fingerprint density at radius 1 is 1.38 bits per heavy atom. The number of rotatable bonds is 3. The standard InChI is InChI=1S/C11H11ClS/c1-3-9(2)11(12)13-10-7-5-4-6-8-10/h3-8H,1H2,2H3/b11-9-. The Bertz CT molecular complexity index is 314. The summed E-state index contributed by atoms with van der Waals surface area (Å²) in [5.41, 5.74) is 1.01. The van der Waals surface area contributed by atoms with E-state index in [0.29, 0.717) is 0 Å². The molecular formula is C11H11ClS. The van der Waals surface area contributed by atoms with E-state index in [2.05, 4.69) is 6.58 Å². The van der Waals surface area contributed by atoms with Crippen molar-refractivity contribution in [2.75, 3.05) is 0 Å². The number of thioether (sulfide) groups is 1. The zero-order valence-electron chi connectivity index (χ0n) is 7.46. The van der Waals surface area contributed by atoms with Gasteiger partial charge in [0.1, 0.15) is 0 Å². The van der Waals surface area contributed by atoms with Crippen LogP contribution in [0.1, 0.15) is 6.92 Å². The fourth-order valence-electron chi connectivity index (χ4n) is 0.753. The Hall–Kier alpha value is -0.660. The minimum atomic E-state index is 0.779. The van der Waals surface area contributed by atoms with E-state index < -0.39 is 0 Å². The van der Waals surface area contributed by atoms with Crippen molar-refractivity contribution in [1.29, 1.82) is 0 Å². The first kappa shape index (κ1) is 10.4.